The van der Waals surface area contributed by atoms with Gasteiger partial charge in [-0.1, -0.05) is 129 Å². The molecule has 0 aliphatic carbocycles. The van der Waals surface area contributed by atoms with Gasteiger partial charge in [-0.05, 0) is 12.8 Å². The molecule has 37 heavy (non-hydrogen) atoms. The Morgan fingerprint density at radius 3 is 0.838 bits per heavy atom. The first-order valence-corrected chi connectivity index (χ1v) is 16.6. The largest absolute Gasteiger partial charge is 0.412 e. The van der Waals surface area contributed by atoms with Gasteiger partial charge < -0.3 is 5.48 Å². The van der Waals surface area contributed by atoms with Crippen molar-refractivity contribution >= 4 is 20.8 Å². The summed E-state index contributed by atoms with van der Waals surface area (Å²) in [6.07, 6.45) is 23.7. The molecule has 0 aromatic carbocycles. The lowest BCUT2D eigenvalue weighted by Gasteiger charge is -2.02. The third-order valence-electron chi connectivity index (χ3n) is 5.46. The Balaban J connectivity index is -0.000000269. The van der Waals surface area contributed by atoms with Crippen LogP contribution >= 0.6 is 0 Å². The van der Waals surface area contributed by atoms with Crippen molar-refractivity contribution in [2.24, 2.45) is 0 Å². The minimum Gasteiger partial charge on any atom is -0.412 e. The van der Waals surface area contributed by atoms with Crippen LogP contribution in [0.15, 0.2) is 13.2 Å². The summed E-state index contributed by atoms with van der Waals surface area (Å²) in [5.41, 5.74) is 0. The molecule has 0 spiro atoms. The molecular weight excluding hydrogens is 520 g/mol. The quantitative estimate of drug-likeness (QED) is 0.0679. The first-order valence-electron chi connectivity index (χ1n) is 13.9. The van der Waals surface area contributed by atoms with Gasteiger partial charge in [0, 0.05) is 0 Å². The Kier molecular flexibility index (Phi) is 39.3. The molecule has 0 atom stereocenters. The molecule has 11 heteroatoms. The smallest absolute Gasteiger partial charge is 0.397 e. The van der Waals surface area contributed by atoms with Gasteiger partial charge in [0.2, 0.25) is 0 Å². The highest BCUT2D eigenvalue weighted by Gasteiger charge is 2.03. The third kappa shape index (κ3) is 52.6. The van der Waals surface area contributed by atoms with Gasteiger partial charge in [0.05, 0.1) is 13.2 Å². The van der Waals surface area contributed by atoms with Gasteiger partial charge in [0.25, 0.3) is 0 Å². The van der Waals surface area contributed by atoms with Crippen LogP contribution in [0.3, 0.4) is 0 Å². The van der Waals surface area contributed by atoms with Crippen LogP contribution in [0.2, 0.25) is 0 Å². The van der Waals surface area contributed by atoms with Crippen LogP contribution in [0.25, 0.3) is 0 Å². The van der Waals surface area contributed by atoms with Crippen molar-refractivity contribution in [2.75, 3.05) is 13.2 Å². The highest BCUT2D eigenvalue weighted by molar-refractivity contribution is 7.81. The second kappa shape index (κ2) is 33.5. The maximum atomic E-state index is 10.2. The maximum absolute atomic E-state index is 10.2. The maximum Gasteiger partial charge on any atom is 0.397 e. The topological polar surface area (TPSA) is 159 Å². The molecule has 0 radical (unpaired) electrons. The van der Waals surface area contributed by atoms with E-state index in [1.54, 1.807) is 0 Å². The number of rotatable bonds is 24. The minimum absolute atomic E-state index is 0. The van der Waals surface area contributed by atoms with Gasteiger partial charge >= 0.3 is 20.8 Å². The Morgan fingerprint density at radius 1 is 0.459 bits per heavy atom. The zero-order chi connectivity index (χ0) is 28.0. The average molecular weight is 579 g/mol. The molecule has 9 nitrogen and oxygen atoms in total. The van der Waals surface area contributed by atoms with Gasteiger partial charge in [0.15, 0.2) is 0 Å². The number of unbranched alkanes of at least 4 members (excludes halogenated alkanes) is 18. The first-order chi connectivity index (χ1) is 17.1. The van der Waals surface area contributed by atoms with Crippen LogP contribution in [0.4, 0.5) is 0 Å². The standard InChI is InChI=1S/2C12H26O4S.C2H4.H2O/c2*1-2-3-4-5-6-7-8-9-10-11-12-16-17(13,14)15;1-2;/h2*2-12H2,1H3,(H,13,14,15);1-2H2;1H2. The second-order valence-corrected chi connectivity index (χ2v) is 11.0. The van der Waals surface area contributed by atoms with Crippen LogP contribution in [-0.4, -0.2) is 44.6 Å². The average Bonchev–Trinajstić information content (AvgIpc) is 2.81. The fraction of sp³-hybridized carbons (Fsp3) is 0.923. The van der Waals surface area contributed by atoms with E-state index in [1.807, 2.05) is 0 Å². The van der Waals surface area contributed by atoms with Crippen molar-refractivity contribution < 1.29 is 39.8 Å². The van der Waals surface area contributed by atoms with E-state index in [0.29, 0.717) is 12.8 Å². The van der Waals surface area contributed by atoms with Crippen LogP contribution < -0.4 is 0 Å². The van der Waals surface area contributed by atoms with E-state index in [1.165, 1.54) is 89.9 Å². The van der Waals surface area contributed by atoms with Crippen molar-refractivity contribution in [3.05, 3.63) is 13.2 Å². The molecule has 0 aliphatic heterocycles. The molecule has 0 heterocycles. The Hall–Kier alpha value is -0.560. The predicted octanol–water partition coefficient (Wildman–Crippen LogP) is 7.43. The highest BCUT2D eigenvalue weighted by atomic mass is 32.3. The van der Waals surface area contributed by atoms with Gasteiger partial charge in [-0.25, -0.2) is 8.37 Å². The van der Waals surface area contributed by atoms with Crippen LogP contribution in [-0.2, 0) is 29.2 Å². The highest BCUT2D eigenvalue weighted by Crippen LogP contribution is 2.11. The summed E-state index contributed by atoms with van der Waals surface area (Å²) in [6, 6.07) is 0. The van der Waals surface area contributed by atoms with Crippen molar-refractivity contribution in [3.8, 4) is 0 Å². The van der Waals surface area contributed by atoms with E-state index in [2.05, 4.69) is 35.4 Å². The van der Waals surface area contributed by atoms with Gasteiger partial charge in [-0.3, -0.25) is 9.11 Å². The van der Waals surface area contributed by atoms with Crippen LogP contribution in [0.1, 0.15) is 142 Å². The fourth-order valence-electron chi connectivity index (χ4n) is 3.51. The monoisotopic (exact) mass is 578 g/mol. The zero-order valence-corrected chi connectivity index (χ0v) is 25.3. The molecule has 0 aromatic rings. The normalized spacial score (nSPS) is 11.0. The minimum atomic E-state index is -4.23. The summed E-state index contributed by atoms with van der Waals surface area (Å²) < 4.78 is 66.0. The molecule has 0 saturated heterocycles. The molecule has 4 N–H and O–H groups in total. The number of hydrogen-bond acceptors (Lipinski definition) is 6. The lowest BCUT2D eigenvalue weighted by atomic mass is 10.1. The second-order valence-electron chi connectivity index (χ2n) is 8.86. The molecule has 0 amide bonds. The van der Waals surface area contributed by atoms with E-state index >= 15 is 0 Å². The molecule has 0 fully saturated rings. The van der Waals surface area contributed by atoms with E-state index < -0.39 is 20.8 Å². The van der Waals surface area contributed by atoms with Gasteiger partial charge in [-0.2, -0.15) is 16.8 Å². The van der Waals surface area contributed by atoms with Crippen molar-refractivity contribution in [1.82, 2.24) is 0 Å². The Labute approximate surface area is 229 Å². The molecule has 0 aromatic heterocycles. The van der Waals surface area contributed by atoms with Crippen molar-refractivity contribution in [1.29, 1.82) is 0 Å². The van der Waals surface area contributed by atoms with E-state index in [4.69, 9.17) is 9.11 Å². The van der Waals surface area contributed by atoms with E-state index in [9.17, 15) is 16.8 Å². The third-order valence-corrected chi connectivity index (χ3v) is 6.39. The fourth-order valence-corrected chi connectivity index (χ4v) is 4.16. The molecule has 0 saturated carbocycles. The summed E-state index contributed by atoms with van der Waals surface area (Å²) in [5, 5.41) is 0. The summed E-state index contributed by atoms with van der Waals surface area (Å²) in [4.78, 5) is 0. The lowest BCUT2D eigenvalue weighted by Crippen LogP contribution is -2.04. The summed E-state index contributed by atoms with van der Waals surface area (Å²) in [6.45, 7) is 10.6. The summed E-state index contributed by atoms with van der Waals surface area (Å²) >= 11 is 0. The Bertz CT molecular complexity index is 570. The predicted molar refractivity (Wildman–Crippen MR) is 154 cm³/mol. The lowest BCUT2D eigenvalue weighted by molar-refractivity contribution is 0.260. The molecule has 0 unspecified atom stereocenters. The van der Waals surface area contributed by atoms with Crippen molar-refractivity contribution in [3.63, 3.8) is 0 Å². The zero-order valence-electron chi connectivity index (χ0n) is 23.6. The summed E-state index contributed by atoms with van der Waals surface area (Å²) in [7, 11) is -8.47. The molecular formula is C26H58O9S2. The molecule has 0 bridgehead atoms. The van der Waals surface area contributed by atoms with E-state index in [-0.39, 0.29) is 18.7 Å². The molecule has 0 rings (SSSR count). The SMILES string of the molecule is C=C.CCCCCCCCCCCCOS(=O)(=O)O.CCCCCCCCCCCCOS(=O)(=O)O.O. The van der Waals surface area contributed by atoms with Crippen LogP contribution in [0, 0.1) is 0 Å². The van der Waals surface area contributed by atoms with Crippen LogP contribution in [0.5, 0.6) is 0 Å². The number of hydrogen-bond donors (Lipinski definition) is 2. The van der Waals surface area contributed by atoms with E-state index in [0.717, 1.165) is 25.7 Å². The Morgan fingerprint density at radius 2 is 0.649 bits per heavy atom. The molecule has 0 aliphatic rings. The molecule has 228 valence electrons. The van der Waals surface area contributed by atoms with Gasteiger partial charge in [0.1, 0.15) is 0 Å². The van der Waals surface area contributed by atoms with Gasteiger partial charge in [-0.15, -0.1) is 13.2 Å². The van der Waals surface area contributed by atoms with Crippen molar-refractivity contribution in [2.45, 2.75) is 142 Å². The first kappa shape index (κ1) is 43.5. The summed E-state index contributed by atoms with van der Waals surface area (Å²) in [5.74, 6) is 0.